The zero-order valence-electron chi connectivity index (χ0n) is 13.1. The van der Waals surface area contributed by atoms with Gasteiger partial charge in [-0.05, 0) is 18.2 Å². The van der Waals surface area contributed by atoms with Crippen molar-refractivity contribution < 1.29 is 23.4 Å². The fraction of sp³-hybridized carbons (Fsp3) is 0.375. The fourth-order valence-corrected chi connectivity index (χ4v) is 2.80. The van der Waals surface area contributed by atoms with Gasteiger partial charge in [0.05, 0.1) is 12.3 Å². The molecule has 8 heteroatoms. The lowest BCUT2D eigenvalue weighted by atomic mass is 10.1. The summed E-state index contributed by atoms with van der Waals surface area (Å²) >= 11 is 0. The molecular weight excluding hydrogens is 320 g/mol. The molecule has 24 heavy (non-hydrogen) atoms. The first-order valence-corrected chi connectivity index (χ1v) is 7.48. The van der Waals surface area contributed by atoms with Crippen molar-refractivity contribution in [3.05, 3.63) is 41.6 Å². The summed E-state index contributed by atoms with van der Waals surface area (Å²) in [5.41, 5.74) is 1.15. The van der Waals surface area contributed by atoms with Crippen molar-refractivity contribution in [2.75, 3.05) is 19.7 Å². The third kappa shape index (κ3) is 3.44. The SMILES string of the molecule is Cn1cc(CN2CCOC(C(=O)O)C2)c(-c2cc(F)ccc2F)n1. The van der Waals surface area contributed by atoms with Crippen LogP contribution in [0.2, 0.25) is 0 Å². The Morgan fingerprint density at radius 1 is 1.46 bits per heavy atom. The van der Waals surface area contributed by atoms with E-state index in [1.54, 1.807) is 13.2 Å². The standard InChI is InChI=1S/C16H17F2N3O3/c1-20-7-10(8-21-4-5-24-14(9-21)16(22)23)15(19-20)12-6-11(17)2-3-13(12)18/h2-3,6-7,14H,4-5,8-9H2,1H3,(H,22,23). The van der Waals surface area contributed by atoms with E-state index in [4.69, 9.17) is 9.84 Å². The van der Waals surface area contributed by atoms with Crippen molar-refractivity contribution in [3.8, 4) is 11.3 Å². The highest BCUT2D eigenvalue weighted by molar-refractivity contribution is 5.72. The highest BCUT2D eigenvalue weighted by Crippen LogP contribution is 2.27. The molecule has 1 aromatic carbocycles. The largest absolute Gasteiger partial charge is 0.479 e. The molecule has 1 fully saturated rings. The van der Waals surface area contributed by atoms with Crippen LogP contribution in [0.5, 0.6) is 0 Å². The third-order valence-electron chi connectivity index (χ3n) is 3.91. The molecule has 0 amide bonds. The van der Waals surface area contributed by atoms with Crippen molar-refractivity contribution in [1.29, 1.82) is 0 Å². The second-order valence-electron chi connectivity index (χ2n) is 5.73. The Balaban J connectivity index is 1.87. The minimum atomic E-state index is -1.01. The number of aryl methyl sites for hydroxylation is 1. The summed E-state index contributed by atoms with van der Waals surface area (Å²) < 4.78 is 34.3. The van der Waals surface area contributed by atoms with Crippen LogP contribution >= 0.6 is 0 Å². The summed E-state index contributed by atoms with van der Waals surface area (Å²) in [6.07, 6.45) is 0.843. The number of hydrogen-bond donors (Lipinski definition) is 1. The number of aromatic nitrogens is 2. The number of ether oxygens (including phenoxy) is 1. The molecule has 1 atom stereocenters. The number of rotatable bonds is 4. The molecule has 1 saturated heterocycles. The van der Waals surface area contributed by atoms with Crippen molar-refractivity contribution in [3.63, 3.8) is 0 Å². The number of carboxylic acid groups (broad SMARTS) is 1. The fourth-order valence-electron chi connectivity index (χ4n) is 2.80. The van der Waals surface area contributed by atoms with E-state index in [9.17, 15) is 13.6 Å². The highest BCUT2D eigenvalue weighted by Gasteiger charge is 2.27. The predicted octanol–water partition coefficient (Wildman–Crippen LogP) is 1.65. The first-order chi connectivity index (χ1) is 11.4. The number of hydrogen-bond acceptors (Lipinski definition) is 4. The van der Waals surface area contributed by atoms with Gasteiger partial charge in [-0.3, -0.25) is 9.58 Å². The van der Waals surface area contributed by atoms with Crippen LogP contribution in [0.3, 0.4) is 0 Å². The summed E-state index contributed by atoms with van der Waals surface area (Å²) in [7, 11) is 1.70. The van der Waals surface area contributed by atoms with E-state index in [2.05, 4.69) is 5.10 Å². The summed E-state index contributed by atoms with van der Waals surface area (Å²) in [5, 5.41) is 13.3. The van der Waals surface area contributed by atoms with E-state index >= 15 is 0 Å². The molecule has 6 nitrogen and oxygen atoms in total. The van der Waals surface area contributed by atoms with Crippen LogP contribution in [-0.4, -0.2) is 51.6 Å². The van der Waals surface area contributed by atoms with Gasteiger partial charge < -0.3 is 9.84 Å². The number of carbonyl (C=O) groups is 1. The quantitative estimate of drug-likeness (QED) is 0.919. The van der Waals surface area contributed by atoms with E-state index in [1.165, 1.54) is 4.68 Å². The first-order valence-electron chi connectivity index (χ1n) is 7.48. The zero-order chi connectivity index (χ0) is 17.3. The van der Waals surface area contributed by atoms with Gasteiger partial charge in [-0.25, -0.2) is 13.6 Å². The molecule has 0 aliphatic carbocycles. The minimum Gasteiger partial charge on any atom is -0.479 e. The van der Waals surface area contributed by atoms with Crippen LogP contribution < -0.4 is 0 Å². The molecule has 3 rings (SSSR count). The molecule has 2 aromatic rings. The second kappa shape index (κ2) is 6.66. The van der Waals surface area contributed by atoms with Gasteiger partial charge in [-0.1, -0.05) is 0 Å². The van der Waals surface area contributed by atoms with E-state index in [0.29, 0.717) is 31.0 Å². The maximum absolute atomic E-state index is 14.1. The van der Waals surface area contributed by atoms with E-state index in [1.807, 2.05) is 4.90 Å². The Morgan fingerprint density at radius 3 is 3.00 bits per heavy atom. The van der Waals surface area contributed by atoms with Gasteiger partial charge in [0, 0.05) is 44.0 Å². The molecule has 0 spiro atoms. The molecule has 2 heterocycles. The maximum Gasteiger partial charge on any atom is 0.334 e. The van der Waals surface area contributed by atoms with Gasteiger partial charge in [0.15, 0.2) is 6.10 Å². The van der Waals surface area contributed by atoms with Crippen LogP contribution in [0.25, 0.3) is 11.3 Å². The summed E-state index contributed by atoms with van der Waals surface area (Å²) in [6, 6.07) is 3.24. The number of carboxylic acids is 1. The molecule has 1 N–H and O–H groups in total. The Hall–Kier alpha value is -2.32. The summed E-state index contributed by atoms with van der Waals surface area (Å²) in [5.74, 6) is -2.11. The molecular formula is C16H17F2N3O3. The Bertz CT molecular complexity index is 763. The van der Waals surface area contributed by atoms with Crippen LogP contribution in [0.15, 0.2) is 24.4 Å². The van der Waals surface area contributed by atoms with Crippen molar-refractivity contribution >= 4 is 5.97 Å². The number of benzene rings is 1. The Morgan fingerprint density at radius 2 is 2.25 bits per heavy atom. The van der Waals surface area contributed by atoms with Gasteiger partial charge in [0.25, 0.3) is 0 Å². The Kier molecular flexibility index (Phi) is 4.59. The highest BCUT2D eigenvalue weighted by atomic mass is 19.1. The monoisotopic (exact) mass is 337 g/mol. The first kappa shape index (κ1) is 16.5. The third-order valence-corrected chi connectivity index (χ3v) is 3.91. The Labute approximate surface area is 137 Å². The van der Waals surface area contributed by atoms with Crippen molar-refractivity contribution in [2.45, 2.75) is 12.6 Å². The van der Waals surface area contributed by atoms with Gasteiger partial charge >= 0.3 is 5.97 Å². The normalized spacial score (nSPS) is 18.7. The zero-order valence-corrected chi connectivity index (χ0v) is 13.1. The van der Waals surface area contributed by atoms with Crippen LogP contribution in [0, 0.1) is 11.6 Å². The smallest absolute Gasteiger partial charge is 0.334 e. The van der Waals surface area contributed by atoms with Crippen molar-refractivity contribution in [2.24, 2.45) is 7.05 Å². The summed E-state index contributed by atoms with van der Waals surface area (Å²) in [6.45, 7) is 1.48. The van der Waals surface area contributed by atoms with E-state index in [-0.39, 0.29) is 12.1 Å². The van der Waals surface area contributed by atoms with Crippen LogP contribution in [0.1, 0.15) is 5.56 Å². The van der Waals surface area contributed by atoms with E-state index in [0.717, 1.165) is 18.2 Å². The molecule has 1 aliphatic rings. The lowest BCUT2D eigenvalue weighted by Crippen LogP contribution is -2.45. The minimum absolute atomic E-state index is 0.0913. The molecule has 128 valence electrons. The lowest BCUT2D eigenvalue weighted by molar-refractivity contribution is -0.156. The lowest BCUT2D eigenvalue weighted by Gasteiger charge is -2.30. The average molecular weight is 337 g/mol. The van der Waals surface area contributed by atoms with Gasteiger partial charge in [0.1, 0.15) is 11.6 Å². The number of nitrogens with zero attached hydrogens (tertiary/aromatic N) is 3. The molecule has 1 unspecified atom stereocenters. The second-order valence-corrected chi connectivity index (χ2v) is 5.73. The number of halogens is 2. The summed E-state index contributed by atoms with van der Waals surface area (Å²) in [4.78, 5) is 13.0. The molecule has 1 aliphatic heterocycles. The number of morpholine rings is 1. The maximum atomic E-state index is 14.1. The van der Waals surface area contributed by atoms with Crippen LogP contribution in [-0.2, 0) is 23.1 Å². The molecule has 0 bridgehead atoms. The molecule has 1 aromatic heterocycles. The number of aliphatic carboxylic acids is 1. The van der Waals surface area contributed by atoms with Gasteiger partial charge in [-0.2, -0.15) is 5.10 Å². The topological polar surface area (TPSA) is 67.6 Å². The van der Waals surface area contributed by atoms with Gasteiger partial charge in [-0.15, -0.1) is 0 Å². The molecule has 0 saturated carbocycles. The average Bonchev–Trinajstić information content (AvgIpc) is 2.90. The van der Waals surface area contributed by atoms with E-state index < -0.39 is 23.7 Å². The predicted molar refractivity (Wildman–Crippen MR) is 81.2 cm³/mol. The molecule has 0 radical (unpaired) electrons. The van der Waals surface area contributed by atoms with Crippen LogP contribution in [0.4, 0.5) is 8.78 Å². The van der Waals surface area contributed by atoms with Crippen molar-refractivity contribution in [1.82, 2.24) is 14.7 Å². The van der Waals surface area contributed by atoms with Gasteiger partial charge in [0.2, 0.25) is 0 Å².